The first-order valence-electron chi connectivity index (χ1n) is 9.18. The highest BCUT2D eigenvalue weighted by molar-refractivity contribution is 6.03. The lowest BCUT2D eigenvalue weighted by molar-refractivity contribution is 0.0963. The molecule has 6 nitrogen and oxygen atoms in total. The van der Waals surface area contributed by atoms with Crippen molar-refractivity contribution in [3.8, 4) is 23.0 Å². The molecule has 0 radical (unpaired) electrons. The summed E-state index contributed by atoms with van der Waals surface area (Å²) in [6, 6.07) is 7.77. The molecule has 6 heteroatoms. The van der Waals surface area contributed by atoms with Gasteiger partial charge in [0.1, 0.15) is 0 Å². The van der Waals surface area contributed by atoms with Gasteiger partial charge < -0.3 is 23.8 Å². The van der Waals surface area contributed by atoms with Crippen molar-refractivity contribution in [1.29, 1.82) is 0 Å². The largest absolute Gasteiger partial charge is 0.454 e. The molecular weight excluding hydrogens is 346 g/mol. The van der Waals surface area contributed by atoms with Gasteiger partial charge in [-0.2, -0.15) is 0 Å². The quantitative estimate of drug-likeness (QED) is 0.713. The van der Waals surface area contributed by atoms with Crippen LogP contribution in [0.15, 0.2) is 24.3 Å². The van der Waals surface area contributed by atoms with Gasteiger partial charge in [-0.1, -0.05) is 6.92 Å². The average molecular weight is 367 g/mol. The zero-order valence-electron chi connectivity index (χ0n) is 15.4. The Hall–Kier alpha value is -2.73. The third-order valence-electron chi connectivity index (χ3n) is 5.56. The average Bonchev–Trinajstić information content (AvgIpc) is 3.31. The maximum absolute atomic E-state index is 13.4. The molecular formula is C21H21NO5. The van der Waals surface area contributed by atoms with Crippen molar-refractivity contribution >= 4 is 5.78 Å². The fourth-order valence-corrected chi connectivity index (χ4v) is 4.02. The van der Waals surface area contributed by atoms with E-state index in [0.29, 0.717) is 17.1 Å². The lowest BCUT2D eigenvalue weighted by atomic mass is 9.85. The number of rotatable bonds is 0. The minimum absolute atomic E-state index is 0.0907. The van der Waals surface area contributed by atoms with E-state index in [-0.39, 0.29) is 25.3 Å². The number of benzene rings is 2. The molecule has 0 amide bonds. The number of ketones is 1. The first-order valence-corrected chi connectivity index (χ1v) is 9.18. The van der Waals surface area contributed by atoms with E-state index in [4.69, 9.17) is 18.9 Å². The second kappa shape index (κ2) is 6.16. The summed E-state index contributed by atoms with van der Waals surface area (Å²) < 4.78 is 22.1. The van der Waals surface area contributed by atoms with Crippen LogP contribution in [0.25, 0.3) is 0 Å². The predicted molar refractivity (Wildman–Crippen MR) is 97.9 cm³/mol. The van der Waals surface area contributed by atoms with Gasteiger partial charge in [0.25, 0.3) is 0 Å². The van der Waals surface area contributed by atoms with Crippen LogP contribution in [0, 0.1) is 0 Å². The van der Waals surface area contributed by atoms with Crippen molar-refractivity contribution in [1.82, 2.24) is 4.90 Å². The maximum atomic E-state index is 13.4. The van der Waals surface area contributed by atoms with Crippen LogP contribution < -0.4 is 18.9 Å². The summed E-state index contributed by atoms with van der Waals surface area (Å²) >= 11 is 0. The first-order chi connectivity index (χ1) is 13.1. The van der Waals surface area contributed by atoms with Crippen molar-refractivity contribution < 1.29 is 23.7 Å². The van der Waals surface area contributed by atoms with Crippen LogP contribution in [-0.2, 0) is 13.0 Å². The number of hydrogen-bond acceptors (Lipinski definition) is 6. The minimum Gasteiger partial charge on any atom is -0.454 e. The molecule has 5 rings (SSSR count). The van der Waals surface area contributed by atoms with Crippen molar-refractivity contribution in [2.75, 3.05) is 27.2 Å². The molecule has 3 aliphatic rings. The number of fused-ring (bicyclic) bond motifs is 4. The van der Waals surface area contributed by atoms with Gasteiger partial charge in [0.2, 0.25) is 13.6 Å². The van der Waals surface area contributed by atoms with Crippen molar-refractivity contribution in [3.63, 3.8) is 0 Å². The topological polar surface area (TPSA) is 57.2 Å². The Bertz CT molecular complexity index is 939. The Balaban J connectivity index is 1.64. The molecule has 1 unspecified atom stereocenters. The Kier molecular flexibility index (Phi) is 3.75. The zero-order chi connectivity index (χ0) is 18.5. The van der Waals surface area contributed by atoms with Crippen molar-refractivity contribution in [3.05, 3.63) is 46.5 Å². The number of carbonyl (C=O) groups is 1. The lowest BCUT2D eigenvalue weighted by Gasteiger charge is -2.25. The third kappa shape index (κ3) is 2.72. The molecule has 2 aromatic rings. The van der Waals surface area contributed by atoms with Gasteiger partial charge in [0.05, 0.1) is 0 Å². The summed E-state index contributed by atoms with van der Waals surface area (Å²) in [4.78, 5) is 15.7. The highest BCUT2D eigenvalue weighted by Crippen LogP contribution is 2.41. The number of nitrogens with zero attached hydrogens (tertiary/aromatic N) is 1. The van der Waals surface area contributed by atoms with Crippen LogP contribution in [0.2, 0.25) is 0 Å². The van der Waals surface area contributed by atoms with E-state index < -0.39 is 0 Å². The molecule has 1 atom stereocenters. The minimum atomic E-state index is -0.292. The van der Waals surface area contributed by atoms with Gasteiger partial charge in [-0.3, -0.25) is 4.79 Å². The number of ether oxygens (including phenoxy) is 4. The Labute approximate surface area is 157 Å². The van der Waals surface area contributed by atoms with E-state index in [1.54, 1.807) is 0 Å². The van der Waals surface area contributed by atoms with Gasteiger partial charge in [0, 0.05) is 24.6 Å². The second-order valence-corrected chi connectivity index (χ2v) is 7.34. The van der Waals surface area contributed by atoms with Gasteiger partial charge >= 0.3 is 0 Å². The van der Waals surface area contributed by atoms with Crippen LogP contribution in [0.1, 0.15) is 39.9 Å². The molecule has 140 valence electrons. The molecule has 0 saturated carbocycles. The monoisotopic (exact) mass is 367 g/mol. The van der Waals surface area contributed by atoms with Crippen LogP contribution >= 0.6 is 0 Å². The van der Waals surface area contributed by atoms with Crippen LogP contribution in [0.4, 0.5) is 0 Å². The fourth-order valence-electron chi connectivity index (χ4n) is 4.02. The second-order valence-electron chi connectivity index (χ2n) is 7.34. The Morgan fingerprint density at radius 2 is 1.48 bits per heavy atom. The molecule has 0 saturated heterocycles. The summed E-state index contributed by atoms with van der Waals surface area (Å²) in [6.45, 7) is 3.97. The number of likely N-dealkylation sites (N-methyl/N-ethyl adjacent to an activating group) is 1. The number of Topliss-reactive ketones (excluding diaryl/α,β-unsaturated/α-hetero) is 1. The standard InChI is InChI=1S/C21H21NO5/c1-12-15-7-19-18(25-11-26-19)6-14(15)9-22(2)4-3-13-5-17-20(27-10-24-17)8-16(13)21(12)23/h5-8,12H,3-4,9-11H2,1-2H3. The molecule has 0 aromatic heterocycles. The van der Waals surface area contributed by atoms with E-state index >= 15 is 0 Å². The summed E-state index contributed by atoms with van der Waals surface area (Å²) in [5, 5.41) is 0. The SMILES string of the molecule is CC1C(=O)c2cc3c(cc2CCN(C)Cc2cc4c(cc21)OCO4)OCO3. The molecule has 0 bridgehead atoms. The normalized spacial score (nSPS) is 21.0. The summed E-state index contributed by atoms with van der Waals surface area (Å²) in [5.74, 6) is 2.62. The van der Waals surface area contributed by atoms with Crippen molar-refractivity contribution in [2.45, 2.75) is 25.8 Å². The van der Waals surface area contributed by atoms with E-state index in [0.717, 1.165) is 47.7 Å². The molecule has 0 spiro atoms. The molecule has 3 heterocycles. The van der Waals surface area contributed by atoms with Gasteiger partial charge in [-0.05, 0) is 54.4 Å². The molecule has 3 aliphatic heterocycles. The molecule has 0 fully saturated rings. The number of hydrogen-bond donors (Lipinski definition) is 0. The number of carbonyl (C=O) groups excluding carboxylic acids is 1. The van der Waals surface area contributed by atoms with Gasteiger partial charge in [0.15, 0.2) is 28.8 Å². The summed E-state index contributed by atoms with van der Waals surface area (Å²) in [7, 11) is 2.09. The van der Waals surface area contributed by atoms with Crippen LogP contribution in [0.5, 0.6) is 23.0 Å². The first kappa shape index (κ1) is 16.4. The highest BCUT2D eigenvalue weighted by atomic mass is 16.7. The van der Waals surface area contributed by atoms with E-state index in [1.807, 2.05) is 31.2 Å². The van der Waals surface area contributed by atoms with E-state index in [1.165, 1.54) is 0 Å². The smallest absolute Gasteiger partial charge is 0.231 e. The van der Waals surface area contributed by atoms with Crippen LogP contribution in [-0.4, -0.2) is 37.9 Å². The predicted octanol–water partition coefficient (Wildman–Crippen LogP) is 3.12. The van der Waals surface area contributed by atoms with Gasteiger partial charge in [-0.25, -0.2) is 0 Å². The Morgan fingerprint density at radius 3 is 2.19 bits per heavy atom. The van der Waals surface area contributed by atoms with E-state index in [2.05, 4.69) is 11.9 Å². The third-order valence-corrected chi connectivity index (χ3v) is 5.56. The summed E-state index contributed by atoms with van der Waals surface area (Å²) in [5.41, 5.74) is 3.81. The zero-order valence-corrected chi connectivity index (χ0v) is 15.4. The fraction of sp³-hybridized carbons (Fsp3) is 0.381. The van der Waals surface area contributed by atoms with Crippen LogP contribution in [0.3, 0.4) is 0 Å². The lowest BCUT2D eigenvalue weighted by Crippen LogP contribution is -2.25. The van der Waals surface area contributed by atoms with E-state index in [9.17, 15) is 4.79 Å². The highest BCUT2D eigenvalue weighted by Gasteiger charge is 2.29. The Morgan fingerprint density at radius 1 is 0.889 bits per heavy atom. The van der Waals surface area contributed by atoms with Gasteiger partial charge in [-0.15, -0.1) is 0 Å². The summed E-state index contributed by atoms with van der Waals surface area (Å²) in [6.07, 6.45) is 0.779. The molecule has 2 aromatic carbocycles. The molecule has 27 heavy (non-hydrogen) atoms. The van der Waals surface area contributed by atoms with Crippen molar-refractivity contribution in [2.24, 2.45) is 0 Å². The maximum Gasteiger partial charge on any atom is 0.231 e. The molecule has 0 aliphatic carbocycles. The molecule has 0 N–H and O–H groups in total.